The van der Waals surface area contributed by atoms with Gasteiger partial charge in [0.15, 0.2) is 12.4 Å². The topological polar surface area (TPSA) is 223 Å². The van der Waals surface area contributed by atoms with E-state index in [1.807, 2.05) is 0 Å². The predicted octanol–water partition coefficient (Wildman–Crippen LogP) is -5.32. The maximum absolute atomic E-state index is 11.3. The Balaban J connectivity index is 3.12. The summed E-state index contributed by atoms with van der Waals surface area (Å²) in [7, 11) is 0. The Bertz CT molecular complexity index is 530. The molecular formula is C14H23NO12. The van der Waals surface area contributed by atoms with Gasteiger partial charge in [0, 0.05) is 6.92 Å². The standard InChI is InChI=1S/C14H23NO12/c1-4(18)15-5(2-16)11(7(20)6(19)3-17)26-14-10(23)8(21)9(22)12(27-14)13(24)25/h2,5-12,14,17,19-23H,3H2,1H3,(H,15,18)(H,24,25)/t5-,6+,7+,8-,9-,10+,11+,12-,14?/m0/s1. The third kappa shape index (κ3) is 5.63. The molecule has 1 unspecified atom stereocenters. The Morgan fingerprint density at radius 1 is 1.19 bits per heavy atom. The van der Waals surface area contributed by atoms with Crippen LogP contribution in [0.4, 0.5) is 0 Å². The minimum absolute atomic E-state index is 0.133. The van der Waals surface area contributed by atoms with Crippen LogP contribution in [-0.4, -0.2) is 116 Å². The van der Waals surface area contributed by atoms with Gasteiger partial charge in [0.05, 0.1) is 6.61 Å². The third-order valence-electron chi connectivity index (χ3n) is 3.89. The van der Waals surface area contributed by atoms with E-state index in [0.29, 0.717) is 0 Å². The molecule has 1 heterocycles. The number of ether oxygens (including phenoxy) is 2. The summed E-state index contributed by atoms with van der Waals surface area (Å²) in [4.78, 5) is 33.6. The van der Waals surface area contributed by atoms with Gasteiger partial charge in [0.2, 0.25) is 5.91 Å². The zero-order valence-corrected chi connectivity index (χ0v) is 14.2. The van der Waals surface area contributed by atoms with Gasteiger partial charge >= 0.3 is 5.97 Å². The molecule has 1 amide bonds. The van der Waals surface area contributed by atoms with Gasteiger partial charge in [-0.05, 0) is 0 Å². The van der Waals surface area contributed by atoms with Gasteiger partial charge in [-0.15, -0.1) is 0 Å². The van der Waals surface area contributed by atoms with E-state index in [9.17, 15) is 39.9 Å². The molecule has 0 saturated carbocycles. The number of hydrogen-bond donors (Lipinski definition) is 8. The zero-order chi connectivity index (χ0) is 20.9. The summed E-state index contributed by atoms with van der Waals surface area (Å²) in [5.41, 5.74) is 0. The molecule has 156 valence electrons. The number of aliphatic hydroxyl groups is 6. The van der Waals surface area contributed by atoms with Crippen LogP contribution in [0.3, 0.4) is 0 Å². The second kappa shape index (κ2) is 10.0. The van der Waals surface area contributed by atoms with Crippen LogP contribution < -0.4 is 5.32 Å². The molecular weight excluding hydrogens is 374 g/mol. The number of carboxylic acid groups (broad SMARTS) is 1. The van der Waals surface area contributed by atoms with Crippen LogP contribution in [0, 0.1) is 0 Å². The molecule has 8 N–H and O–H groups in total. The van der Waals surface area contributed by atoms with Crippen molar-refractivity contribution < 1.29 is 59.6 Å². The fourth-order valence-electron chi connectivity index (χ4n) is 2.45. The van der Waals surface area contributed by atoms with Crippen LogP contribution >= 0.6 is 0 Å². The first kappa shape index (κ1) is 23.3. The Kier molecular flexibility index (Phi) is 8.64. The van der Waals surface area contributed by atoms with Gasteiger partial charge in [0.25, 0.3) is 0 Å². The van der Waals surface area contributed by atoms with Crippen molar-refractivity contribution >= 4 is 18.2 Å². The molecule has 0 aromatic heterocycles. The number of aliphatic hydroxyl groups excluding tert-OH is 6. The van der Waals surface area contributed by atoms with E-state index in [1.54, 1.807) is 0 Å². The summed E-state index contributed by atoms with van der Waals surface area (Å²) in [5.74, 6) is -2.42. The number of carbonyl (C=O) groups excluding carboxylic acids is 2. The number of rotatable bonds is 9. The van der Waals surface area contributed by atoms with Gasteiger partial charge in [-0.2, -0.15) is 0 Å². The highest BCUT2D eigenvalue weighted by Gasteiger charge is 2.49. The van der Waals surface area contributed by atoms with Crippen molar-refractivity contribution in [1.82, 2.24) is 5.32 Å². The second-order valence-electron chi connectivity index (χ2n) is 5.94. The maximum Gasteiger partial charge on any atom is 0.335 e. The Morgan fingerprint density at radius 3 is 2.22 bits per heavy atom. The number of aliphatic carboxylic acids is 1. The van der Waals surface area contributed by atoms with E-state index in [0.717, 1.165) is 6.92 Å². The van der Waals surface area contributed by atoms with E-state index in [4.69, 9.17) is 19.7 Å². The van der Waals surface area contributed by atoms with E-state index >= 15 is 0 Å². The van der Waals surface area contributed by atoms with Crippen LogP contribution in [0.5, 0.6) is 0 Å². The largest absolute Gasteiger partial charge is 0.479 e. The highest BCUT2D eigenvalue weighted by molar-refractivity contribution is 5.77. The van der Waals surface area contributed by atoms with Crippen molar-refractivity contribution in [3.63, 3.8) is 0 Å². The zero-order valence-electron chi connectivity index (χ0n) is 14.2. The molecule has 27 heavy (non-hydrogen) atoms. The number of carboxylic acids is 1. The molecule has 0 aromatic carbocycles. The minimum atomic E-state index is -2.01. The van der Waals surface area contributed by atoms with Gasteiger partial charge in [-0.25, -0.2) is 4.79 Å². The minimum Gasteiger partial charge on any atom is -0.479 e. The van der Waals surface area contributed by atoms with Gasteiger partial charge in [-0.1, -0.05) is 0 Å². The summed E-state index contributed by atoms with van der Waals surface area (Å²) in [6.07, 6.45) is -15.5. The monoisotopic (exact) mass is 397 g/mol. The lowest BCUT2D eigenvalue weighted by Gasteiger charge is -2.41. The lowest BCUT2D eigenvalue weighted by molar-refractivity contribution is -0.314. The summed E-state index contributed by atoms with van der Waals surface area (Å²) >= 11 is 0. The Labute approximate surface area is 152 Å². The quantitative estimate of drug-likeness (QED) is 0.171. The molecule has 1 aliphatic rings. The van der Waals surface area contributed by atoms with Crippen LogP contribution in [0.1, 0.15) is 6.92 Å². The number of amides is 1. The summed E-state index contributed by atoms with van der Waals surface area (Å²) < 4.78 is 10.0. The van der Waals surface area contributed by atoms with Crippen molar-refractivity contribution in [2.75, 3.05) is 6.61 Å². The molecule has 13 nitrogen and oxygen atoms in total. The smallest absolute Gasteiger partial charge is 0.335 e. The number of carbonyl (C=O) groups is 3. The summed E-state index contributed by atoms with van der Waals surface area (Å²) in [6.45, 7) is 0.0782. The molecule has 0 aromatic rings. The first-order valence-corrected chi connectivity index (χ1v) is 7.82. The van der Waals surface area contributed by atoms with E-state index in [1.165, 1.54) is 0 Å². The highest BCUT2D eigenvalue weighted by atomic mass is 16.7. The number of hydrogen-bond acceptors (Lipinski definition) is 11. The van der Waals surface area contributed by atoms with Crippen LogP contribution in [-0.2, 0) is 23.9 Å². The molecule has 0 bridgehead atoms. The average molecular weight is 397 g/mol. The van der Waals surface area contributed by atoms with Crippen LogP contribution in [0.15, 0.2) is 0 Å². The fourth-order valence-corrected chi connectivity index (χ4v) is 2.45. The van der Waals surface area contributed by atoms with Crippen LogP contribution in [0.25, 0.3) is 0 Å². The Hall–Kier alpha value is -1.71. The average Bonchev–Trinajstić information content (AvgIpc) is 2.62. The van der Waals surface area contributed by atoms with Crippen molar-refractivity contribution in [3.8, 4) is 0 Å². The van der Waals surface area contributed by atoms with Crippen molar-refractivity contribution in [1.29, 1.82) is 0 Å². The third-order valence-corrected chi connectivity index (χ3v) is 3.89. The van der Waals surface area contributed by atoms with Crippen molar-refractivity contribution in [2.45, 2.75) is 62.0 Å². The van der Waals surface area contributed by atoms with Crippen LogP contribution in [0.2, 0.25) is 0 Å². The lowest BCUT2D eigenvalue weighted by atomic mass is 9.98. The molecule has 0 spiro atoms. The van der Waals surface area contributed by atoms with Gasteiger partial charge in [-0.3, -0.25) is 4.79 Å². The number of nitrogens with one attached hydrogen (secondary N) is 1. The summed E-state index contributed by atoms with van der Waals surface area (Å²) in [5, 5.41) is 69.1. The molecule has 1 rings (SSSR count). The molecule has 13 heteroatoms. The summed E-state index contributed by atoms with van der Waals surface area (Å²) in [6, 6.07) is -1.60. The molecule has 1 aliphatic heterocycles. The van der Waals surface area contributed by atoms with Crippen molar-refractivity contribution in [3.05, 3.63) is 0 Å². The van der Waals surface area contributed by atoms with E-state index < -0.39 is 73.5 Å². The molecule has 1 saturated heterocycles. The van der Waals surface area contributed by atoms with Gasteiger partial charge in [0.1, 0.15) is 49.0 Å². The Morgan fingerprint density at radius 2 is 1.78 bits per heavy atom. The SMILES string of the molecule is CC(=O)N[C@@H](C=O)[C@@H](OC1O[C@H](C(=O)O)[C@@H](O)[C@H](O)[C@H]1O)[C@H](O)[C@H](O)CO. The lowest BCUT2D eigenvalue weighted by Crippen LogP contribution is -2.63. The predicted molar refractivity (Wildman–Crippen MR) is 82.0 cm³/mol. The van der Waals surface area contributed by atoms with Crippen molar-refractivity contribution in [2.24, 2.45) is 0 Å². The van der Waals surface area contributed by atoms with Gasteiger partial charge < -0.3 is 55.3 Å². The first-order valence-electron chi connectivity index (χ1n) is 7.82. The highest BCUT2D eigenvalue weighted by Crippen LogP contribution is 2.25. The van der Waals surface area contributed by atoms with E-state index in [-0.39, 0.29) is 6.29 Å². The fraction of sp³-hybridized carbons (Fsp3) is 0.786. The molecule has 0 radical (unpaired) electrons. The second-order valence-corrected chi connectivity index (χ2v) is 5.94. The maximum atomic E-state index is 11.3. The molecule has 1 fully saturated rings. The molecule has 9 atom stereocenters. The first-order chi connectivity index (χ1) is 12.5. The normalized spacial score (nSPS) is 32.8. The number of aldehydes is 1. The van der Waals surface area contributed by atoms with E-state index in [2.05, 4.69) is 5.32 Å². The molecule has 0 aliphatic carbocycles.